The van der Waals surface area contributed by atoms with Crippen LogP contribution < -0.4 is 9.64 Å². The fourth-order valence-corrected chi connectivity index (χ4v) is 16.7. The van der Waals surface area contributed by atoms with Crippen LogP contribution in [0.15, 0.2) is 315 Å². The molecule has 0 spiro atoms. The number of aryl methyl sites for hydroxylation is 3. The van der Waals surface area contributed by atoms with Gasteiger partial charge in [-0.3, -0.25) is 0 Å². The van der Waals surface area contributed by atoms with E-state index in [9.17, 15) is 0 Å². The molecule has 0 radical (unpaired) electrons. The fourth-order valence-electron chi connectivity index (χ4n) is 16.7. The largest absolute Gasteiger partial charge is 0.489 e. The monoisotopic (exact) mass is 1250 g/mol. The second kappa shape index (κ2) is 26.6. The van der Waals surface area contributed by atoms with Crippen LogP contribution in [0.3, 0.4) is 0 Å². The van der Waals surface area contributed by atoms with Crippen LogP contribution in [0.5, 0.6) is 5.75 Å². The molecule has 0 fully saturated rings. The lowest BCUT2D eigenvalue weighted by Crippen LogP contribution is -2.29. The molecule has 3 atom stereocenters. The number of anilines is 3. The second-order valence-electron chi connectivity index (χ2n) is 27.4. The number of unbranched alkanes of at least 4 members (excludes halogenated alkanes) is 3. The molecular formula is C95H83NO. The van der Waals surface area contributed by atoms with Crippen molar-refractivity contribution in [3.8, 4) is 50.3 Å². The maximum Gasteiger partial charge on any atom is 0.119 e. The minimum atomic E-state index is -0.657. The van der Waals surface area contributed by atoms with Gasteiger partial charge in [-0.15, -0.1) is 0 Å². The van der Waals surface area contributed by atoms with Gasteiger partial charge in [-0.05, 0) is 221 Å². The van der Waals surface area contributed by atoms with Gasteiger partial charge in [-0.25, -0.2) is 0 Å². The first-order valence-corrected chi connectivity index (χ1v) is 35.6. The Morgan fingerprint density at radius 1 is 0.361 bits per heavy atom. The van der Waals surface area contributed by atoms with Crippen molar-refractivity contribution >= 4 is 17.1 Å². The summed E-state index contributed by atoms with van der Waals surface area (Å²) in [5.41, 5.74) is 30.5. The molecule has 2 heteroatoms. The van der Waals surface area contributed by atoms with Gasteiger partial charge in [0, 0.05) is 17.1 Å². The molecule has 0 saturated carbocycles. The molecule has 0 N–H and O–H groups in total. The third kappa shape index (κ3) is 11.2. The van der Waals surface area contributed by atoms with E-state index in [2.05, 4.69) is 341 Å². The van der Waals surface area contributed by atoms with Gasteiger partial charge >= 0.3 is 0 Å². The van der Waals surface area contributed by atoms with Crippen LogP contribution in [0.2, 0.25) is 0 Å². The topological polar surface area (TPSA) is 12.5 Å². The highest BCUT2D eigenvalue weighted by atomic mass is 16.5. The van der Waals surface area contributed by atoms with Gasteiger partial charge in [0.15, 0.2) is 0 Å². The van der Waals surface area contributed by atoms with Crippen LogP contribution in [0, 0.1) is 0 Å². The molecular weight excluding hydrogens is 1170 g/mol. The Bertz CT molecular complexity index is 4860. The predicted octanol–water partition coefficient (Wildman–Crippen LogP) is 24.7. The lowest BCUT2D eigenvalue weighted by atomic mass is 9.67. The van der Waals surface area contributed by atoms with Crippen molar-refractivity contribution in [2.24, 2.45) is 0 Å². The summed E-state index contributed by atoms with van der Waals surface area (Å²) in [6.07, 6.45) is 10.7. The van der Waals surface area contributed by atoms with E-state index in [1.165, 1.54) is 155 Å². The quantitative estimate of drug-likeness (QED) is 0.0627. The molecule has 2 nitrogen and oxygen atoms in total. The second-order valence-corrected chi connectivity index (χ2v) is 27.4. The van der Waals surface area contributed by atoms with Gasteiger partial charge in [-0.1, -0.05) is 307 Å². The van der Waals surface area contributed by atoms with Crippen molar-refractivity contribution in [2.75, 3.05) is 4.90 Å². The van der Waals surface area contributed by atoms with E-state index < -0.39 is 10.8 Å². The molecule has 0 aliphatic heterocycles. The van der Waals surface area contributed by atoms with Gasteiger partial charge in [0.2, 0.25) is 0 Å². The summed E-state index contributed by atoms with van der Waals surface area (Å²) >= 11 is 0. The van der Waals surface area contributed by atoms with E-state index in [4.69, 9.17) is 4.74 Å². The molecule has 16 rings (SSSR count). The van der Waals surface area contributed by atoms with Crippen molar-refractivity contribution < 1.29 is 4.74 Å². The first-order chi connectivity index (χ1) is 47.9. The Balaban J connectivity index is 0.759. The van der Waals surface area contributed by atoms with Crippen LogP contribution in [-0.4, -0.2) is 0 Å². The molecule has 0 amide bonds. The standard InChI is InChI=1S/C95H83NO/c1-4-6-7-11-22-67-33-49-80(50-34-67)95(81-51-35-68(36-52-81)65-97-85-57-47-70(48-58-85)66(3)61-69(5-2)72-37-39-74(40-38-72)76-43-41-75-42-44-77(75)62-76)91-32-21-19-30-87(91)89-60-56-84(64-93(89)95)96(82-53-45-73(46-54-82)71-23-12-8-13-24-71)83-55-59-88-86-29-18-20-31-90(86)94(92(88)63-83,78-25-14-9-15-26-78)79-27-16-10-17-28-79/h8-10,12-21,23-41,43,45-60,62-64,66,69H,4-7,11,22,42,44,61,65H2,1-3H3. The van der Waals surface area contributed by atoms with E-state index in [-0.39, 0.29) is 0 Å². The van der Waals surface area contributed by atoms with Crippen molar-refractivity contribution in [3.05, 3.63) is 393 Å². The normalized spacial score (nSPS) is 15.0. The van der Waals surface area contributed by atoms with E-state index in [0.29, 0.717) is 18.4 Å². The molecule has 474 valence electrons. The van der Waals surface area contributed by atoms with E-state index in [0.717, 1.165) is 47.6 Å². The maximum absolute atomic E-state index is 6.67. The minimum Gasteiger partial charge on any atom is -0.489 e. The third-order valence-corrected chi connectivity index (χ3v) is 21.9. The first kappa shape index (κ1) is 61.3. The molecule has 3 unspecified atom stereocenters. The number of fused-ring (bicyclic) bond motifs is 7. The van der Waals surface area contributed by atoms with E-state index >= 15 is 0 Å². The van der Waals surface area contributed by atoms with Crippen LogP contribution >= 0.6 is 0 Å². The fraction of sp³-hybridized carbons (Fsp3) is 0.179. The molecule has 0 heterocycles. The van der Waals surface area contributed by atoms with Gasteiger partial charge in [0.1, 0.15) is 12.4 Å². The molecule has 3 aliphatic rings. The minimum absolute atomic E-state index is 0.405. The van der Waals surface area contributed by atoms with E-state index in [1.807, 2.05) is 0 Å². The summed E-state index contributed by atoms with van der Waals surface area (Å²) in [5.74, 6) is 1.78. The Morgan fingerprint density at radius 2 is 0.825 bits per heavy atom. The zero-order valence-corrected chi connectivity index (χ0v) is 56.1. The Hall–Kier alpha value is -10.5. The van der Waals surface area contributed by atoms with Crippen LogP contribution in [0.25, 0.3) is 44.5 Å². The van der Waals surface area contributed by atoms with E-state index in [1.54, 1.807) is 0 Å². The lowest BCUT2D eigenvalue weighted by Gasteiger charge is -2.36. The molecule has 0 saturated heterocycles. The highest BCUT2D eigenvalue weighted by Gasteiger charge is 2.48. The number of hydrogen-bond acceptors (Lipinski definition) is 2. The summed E-state index contributed by atoms with van der Waals surface area (Å²) in [4.78, 5) is 2.51. The van der Waals surface area contributed by atoms with Gasteiger partial charge in [0.05, 0.1) is 10.8 Å². The van der Waals surface area contributed by atoms with Gasteiger partial charge < -0.3 is 9.64 Å². The summed E-state index contributed by atoms with van der Waals surface area (Å²) in [7, 11) is 0. The summed E-state index contributed by atoms with van der Waals surface area (Å²) < 4.78 is 6.67. The van der Waals surface area contributed by atoms with Gasteiger partial charge in [-0.2, -0.15) is 0 Å². The highest BCUT2D eigenvalue weighted by molar-refractivity contribution is 5.92. The average molecular weight is 1250 g/mol. The third-order valence-electron chi connectivity index (χ3n) is 21.9. The van der Waals surface area contributed by atoms with Gasteiger partial charge in [0.25, 0.3) is 0 Å². The lowest BCUT2D eigenvalue weighted by molar-refractivity contribution is 0.306. The Morgan fingerprint density at radius 3 is 1.37 bits per heavy atom. The molecule has 13 aromatic rings. The summed E-state index contributed by atoms with van der Waals surface area (Å²) in [6, 6.07) is 119. The number of nitrogens with zero attached hydrogens (tertiary/aromatic N) is 1. The molecule has 3 aliphatic carbocycles. The summed E-state index contributed by atoms with van der Waals surface area (Å²) in [6.45, 7) is 7.47. The smallest absolute Gasteiger partial charge is 0.119 e. The zero-order valence-electron chi connectivity index (χ0n) is 56.1. The maximum atomic E-state index is 6.67. The average Bonchev–Trinajstić information content (AvgIpc) is 1.54. The number of rotatable bonds is 22. The SMILES string of the molecule is CCCCCCc1ccc(C2(c3ccc(COc4ccc(C(C)CC(CC)c5ccc(-c6ccc7c(c6)CC7)cc5)cc4)cc3)c3ccccc3-c3ccc(N(c4ccc(-c5ccccc5)cc4)c4ccc5c(c4)C(c4ccccc4)(c4ccccc4)c4ccccc4-5)cc32)cc1. The van der Waals surface area contributed by atoms with Crippen molar-refractivity contribution in [1.29, 1.82) is 0 Å². The Labute approximate surface area is 574 Å². The van der Waals surface area contributed by atoms with Crippen LogP contribution in [-0.2, 0) is 36.7 Å². The van der Waals surface area contributed by atoms with Crippen LogP contribution in [0.1, 0.15) is 149 Å². The molecule has 0 bridgehead atoms. The van der Waals surface area contributed by atoms with Crippen LogP contribution in [0.4, 0.5) is 17.1 Å². The van der Waals surface area contributed by atoms with Crippen molar-refractivity contribution in [2.45, 2.75) is 108 Å². The molecule has 13 aromatic carbocycles. The first-order valence-electron chi connectivity index (χ1n) is 35.6. The number of benzene rings is 13. The number of hydrogen-bond donors (Lipinski definition) is 0. The molecule has 97 heavy (non-hydrogen) atoms. The van der Waals surface area contributed by atoms with Crippen molar-refractivity contribution in [3.63, 3.8) is 0 Å². The highest BCUT2D eigenvalue weighted by Crippen LogP contribution is 2.60. The van der Waals surface area contributed by atoms with Crippen molar-refractivity contribution in [1.82, 2.24) is 0 Å². The predicted molar refractivity (Wildman–Crippen MR) is 405 cm³/mol. The summed E-state index contributed by atoms with van der Waals surface area (Å²) in [5, 5.41) is 0. The Kier molecular flexibility index (Phi) is 16.8. The molecule has 0 aromatic heterocycles. The zero-order chi connectivity index (χ0) is 65.3. The number of ether oxygens (including phenoxy) is 1.